The Morgan fingerprint density at radius 2 is 1.94 bits per heavy atom. The molecule has 4 heterocycles. The van der Waals surface area contributed by atoms with E-state index in [9.17, 15) is 9.59 Å². The van der Waals surface area contributed by atoms with Crippen molar-refractivity contribution in [2.24, 2.45) is 0 Å². The highest BCUT2D eigenvalue weighted by Crippen LogP contribution is 2.25. The van der Waals surface area contributed by atoms with E-state index in [4.69, 9.17) is 4.74 Å². The van der Waals surface area contributed by atoms with Crippen molar-refractivity contribution in [2.75, 3.05) is 13.1 Å². The van der Waals surface area contributed by atoms with E-state index >= 15 is 0 Å². The third-order valence-electron chi connectivity index (χ3n) is 5.55. The van der Waals surface area contributed by atoms with E-state index in [0.717, 1.165) is 24.2 Å². The normalized spacial score (nSPS) is 14.8. The van der Waals surface area contributed by atoms with Crippen LogP contribution in [0.3, 0.4) is 0 Å². The quantitative estimate of drug-likeness (QED) is 0.641. The molecule has 0 unspecified atom stereocenters. The number of likely N-dealkylation sites (tertiary alicyclic amines) is 1. The Morgan fingerprint density at radius 3 is 2.58 bits per heavy atom. The van der Waals surface area contributed by atoms with Gasteiger partial charge < -0.3 is 19.5 Å². The minimum absolute atomic E-state index is 0.131. The second-order valence-electron chi connectivity index (χ2n) is 9.18. The second kappa shape index (κ2) is 9.48. The first kappa shape index (κ1) is 22.6. The third kappa shape index (κ3) is 5.60. The van der Waals surface area contributed by atoms with Gasteiger partial charge in [0.15, 0.2) is 0 Å². The lowest BCUT2D eigenvalue weighted by Crippen LogP contribution is -2.42. The molecule has 174 valence electrons. The van der Waals surface area contributed by atoms with Gasteiger partial charge in [-0.15, -0.1) is 0 Å². The summed E-state index contributed by atoms with van der Waals surface area (Å²) in [4.78, 5) is 35.4. The molecule has 1 fully saturated rings. The minimum atomic E-state index is -0.505. The molecule has 0 bridgehead atoms. The van der Waals surface area contributed by atoms with E-state index < -0.39 is 5.60 Å². The summed E-state index contributed by atoms with van der Waals surface area (Å²) in [6.45, 7) is 7.20. The molecule has 9 nitrogen and oxygen atoms in total. The maximum Gasteiger partial charge on any atom is 0.410 e. The molecule has 3 aromatic heterocycles. The molecular formula is C24H30N6O3. The number of carbonyl (C=O) groups excluding carboxylic acids is 2. The number of pyridine rings is 1. The van der Waals surface area contributed by atoms with Gasteiger partial charge in [-0.2, -0.15) is 0 Å². The van der Waals surface area contributed by atoms with E-state index in [-0.39, 0.29) is 18.0 Å². The van der Waals surface area contributed by atoms with Gasteiger partial charge in [0.2, 0.25) is 0 Å². The molecule has 1 N–H and O–H groups in total. The number of amides is 2. The van der Waals surface area contributed by atoms with Gasteiger partial charge in [0, 0.05) is 50.5 Å². The highest BCUT2D eigenvalue weighted by molar-refractivity contribution is 5.92. The van der Waals surface area contributed by atoms with Gasteiger partial charge in [0.1, 0.15) is 23.4 Å². The van der Waals surface area contributed by atoms with E-state index in [0.29, 0.717) is 25.3 Å². The predicted octanol–water partition coefficient (Wildman–Crippen LogP) is 3.57. The first-order chi connectivity index (χ1) is 15.8. The molecule has 0 aliphatic carbocycles. The molecule has 0 radical (unpaired) electrons. The number of nitrogens with zero attached hydrogens (tertiary/aromatic N) is 5. The van der Waals surface area contributed by atoms with Crippen LogP contribution in [0.15, 0.2) is 55.4 Å². The van der Waals surface area contributed by atoms with Gasteiger partial charge in [-0.05, 0) is 57.4 Å². The average molecular weight is 451 g/mol. The zero-order valence-corrected chi connectivity index (χ0v) is 19.3. The summed E-state index contributed by atoms with van der Waals surface area (Å²) in [6.07, 6.45) is 10.2. The van der Waals surface area contributed by atoms with Crippen LogP contribution in [0.4, 0.5) is 4.79 Å². The smallest absolute Gasteiger partial charge is 0.410 e. The number of aromatic nitrogens is 4. The Kier molecular flexibility index (Phi) is 6.48. The Bertz CT molecular complexity index is 1070. The minimum Gasteiger partial charge on any atom is -0.444 e. The number of nitrogens with one attached hydrogen (secondary N) is 1. The van der Waals surface area contributed by atoms with Crippen molar-refractivity contribution in [3.8, 4) is 5.82 Å². The van der Waals surface area contributed by atoms with Crippen molar-refractivity contribution < 1.29 is 14.3 Å². The monoisotopic (exact) mass is 450 g/mol. The Hall–Kier alpha value is -3.62. The van der Waals surface area contributed by atoms with Crippen molar-refractivity contribution >= 4 is 12.0 Å². The standard InChI is InChI=1S/C24H30N6O3/c1-24(2,3)33-23(32)28-12-8-19(9-13-28)30-11-4-5-20(30)22(31)27-16-18-6-7-21(26-15-18)29-14-10-25-17-29/h4-7,10-11,14-15,17,19H,8-9,12-13,16H2,1-3H3,(H,27,31). The summed E-state index contributed by atoms with van der Waals surface area (Å²) >= 11 is 0. The summed E-state index contributed by atoms with van der Waals surface area (Å²) in [5, 5.41) is 2.98. The number of imidazole rings is 1. The maximum atomic E-state index is 12.9. The second-order valence-corrected chi connectivity index (χ2v) is 9.18. The van der Waals surface area contributed by atoms with E-state index in [1.165, 1.54) is 0 Å². The summed E-state index contributed by atoms with van der Waals surface area (Å²) in [6, 6.07) is 7.71. The van der Waals surface area contributed by atoms with Crippen molar-refractivity contribution in [1.29, 1.82) is 0 Å². The highest BCUT2D eigenvalue weighted by atomic mass is 16.6. The molecule has 1 saturated heterocycles. The molecule has 33 heavy (non-hydrogen) atoms. The Morgan fingerprint density at radius 1 is 1.15 bits per heavy atom. The van der Waals surface area contributed by atoms with Crippen molar-refractivity contribution in [2.45, 2.75) is 51.8 Å². The summed E-state index contributed by atoms with van der Waals surface area (Å²) in [5.41, 5.74) is 1.03. The zero-order valence-electron chi connectivity index (χ0n) is 19.3. The fraction of sp³-hybridized carbons (Fsp3) is 0.417. The third-order valence-corrected chi connectivity index (χ3v) is 5.55. The molecule has 0 spiro atoms. The van der Waals surface area contributed by atoms with Crippen molar-refractivity contribution in [3.63, 3.8) is 0 Å². The van der Waals surface area contributed by atoms with Crippen LogP contribution in [0.5, 0.6) is 0 Å². The van der Waals surface area contributed by atoms with Gasteiger partial charge in [0.05, 0.1) is 0 Å². The van der Waals surface area contributed by atoms with Crippen molar-refractivity contribution in [1.82, 2.24) is 29.3 Å². The number of piperidine rings is 1. The molecule has 4 rings (SSSR count). The first-order valence-corrected chi connectivity index (χ1v) is 11.2. The zero-order chi connectivity index (χ0) is 23.4. The fourth-order valence-corrected chi connectivity index (χ4v) is 3.90. The van der Waals surface area contributed by atoms with Crippen LogP contribution in [0, 0.1) is 0 Å². The van der Waals surface area contributed by atoms with E-state index in [1.807, 2.05) is 66.6 Å². The number of carbonyl (C=O) groups is 2. The highest BCUT2D eigenvalue weighted by Gasteiger charge is 2.28. The topological polar surface area (TPSA) is 94.3 Å². The van der Waals surface area contributed by atoms with E-state index in [1.54, 1.807) is 23.6 Å². The largest absolute Gasteiger partial charge is 0.444 e. The molecule has 0 atom stereocenters. The van der Waals surface area contributed by atoms with Gasteiger partial charge in [-0.3, -0.25) is 9.36 Å². The van der Waals surface area contributed by atoms with Gasteiger partial charge in [0.25, 0.3) is 5.91 Å². The van der Waals surface area contributed by atoms with Crippen LogP contribution in [-0.4, -0.2) is 54.7 Å². The van der Waals surface area contributed by atoms with Crippen LogP contribution in [0.25, 0.3) is 5.82 Å². The molecule has 0 saturated carbocycles. The van der Waals surface area contributed by atoms with Gasteiger partial charge >= 0.3 is 6.09 Å². The lowest BCUT2D eigenvalue weighted by Gasteiger charge is -2.34. The number of rotatable bonds is 5. The van der Waals surface area contributed by atoms with Gasteiger partial charge in [-0.1, -0.05) is 6.07 Å². The molecule has 1 aliphatic rings. The van der Waals surface area contributed by atoms with Crippen LogP contribution in [0.1, 0.15) is 55.7 Å². The molecule has 2 amide bonds. The first-order valence-electron chi connectivity index (χ1n) is 11.2. The summed E-state index contributed by atoms with van der Waals surface area (Å²) in [7, 11) is 0. The lowest BCUT2D eigenvalue weighted by atomic mass is 10.0. The SMILES string of the molecule is CC(C)(C)OC(=O)N1CCC(n2cccc2C(=O)NCc2ccc(-n3ccnc3)nc2)CC1. The number of hydrogen-bond acceptors (Lipinski definition) is 5. The van der Waals surface area contributed by atoms with Gasteiger partial charge in [-0.25, -0.2) is 14.8 Å². The lowest BCUT2D eigenvalue weighted by molar-refractivity contribution is 0.0187. The maximum absolute atomic E-state index is 12.9. The van der Waals surface area contributed by atoms with Crippen LogP contribution >= 0.6 is 0 Å². The van der Waals surface area contributed by atoms with E-state index in [2.05, 4.69) is 15.3 Å². The van der Waals surface area contributed by atoms with Crippen LogP contribution in [-0.2, 0) is 11.3 Å². The van der Waals surface area contributed by atoms with Crippen LogP contribution < -0.4 is 5.32 Å². The molecule has 0 aromatic carbocycles. The molecular weight excluding hydrogens is 420 g/mol. The molecule has 9 heteroatoms. The summed E-state index contributed by atoms with van der Waals surface area (Å²) < 4.78 is 9.31. The Labute approximate surface area is 193 Å². The number of ether oxygens (including phenoxy) is 1. The summed E-state index contributed by atoms with van der Waals surface area (Å²) in [5.74, 6) is 0.641. The van der Waals surface area contributed by atoms with Crippen LogP contribution in [0.2, 0.25) is 0 Å². The average Bonchev–Trinajstić information content (AvgIpc) is 3.49. The predicted molar refractivity (Wildman–Crippen MR) is 123 cm³/mol. The molecule has 3 aromatic rings. The fourth-order valence-electron chi connectivity index (χ4n) is 3.90. The number of hydrogen-bond donors (Lipinski definition) is 1. The molecule has 1 aliphatic heterocycles. The Balaban J connectivity index is 1.32. The van der Waals surface area contributed by atoms with Crippen molar-refractivity contribution in [3.05, 3.63) is 66.6 Å².